The van der Waals surface area contributed by atoms with Gasteiger partial charge in [-0.3, -0.25) is 4.79 Å². The van der Waals surface area contributed by atoms with E-state index >= 15 is 0 Å². The molecule has 3 rings (SSSR count). The molecule has 7 heteroatoms. The highest BCUT2D eigenvalue weighted by molar-refractivity contribution is 5.83. The quantitative estimate of drug-likeness (QED) is 0.441. The summed E-state index contributed by atoms with van der Waals surface area (Å²) in [6.07, 6.45) is 1.27. The number of nitrogens with one attached hydrogen (secondary N) is 2. The number of carboxylic acids is 1. The van der Waals surface area contributed by atoms with Crippen molar-refractivity contribution >= 4 is 18.0 Å². The van der Waals surface area contributed by atoms with Crippen molar-refractivity contribution in [2.24, 2.45) is 5.92 Å². The molecule has 33 heavy (non-hydrogen) atoms. The zero-order chi connectivity index (χ0) is 23.8. The summed E-state index contributed by atoms with van der Waals surface area (Å²) in [6, 6.07) is 15.5. The van der Waals surface area contributed by atoms with Crippen molar-refractivity contribution in [1.82, 2.24) is 10.6 Å². The molecule has 0 saturated heterocycles. The van der Waals surface area contributed by atoms with Gasteiger partial charge in [-0.2, -0.15) is 0 Å². The molecule has 1 aliphatic rings. The summed E-state index contributed by atoms with van der Waals surface area (Å²) in [4.78, 5) is 35.4. The van der Waals surface area contributed by atoms with E-state index in [-0.39, 0.29) is 30.8 Å². The molecule has 3 N–H and O–H groups in total. The zero-order valence-electron chi connectivity index (χ0n) is 19.2. The van der Waals surface area contributed by atoms with Gasteiger partial charge in [0.2, 0.25) is 5.91 Å². The van der Waals surface area contributed by atoms with Crippen LogP contribution in [0.4, 0.5) is 4.79 Å². The second-order valence-corrected chi connectivity index (χ2v) is 8.80. The molecule has 0 aliphatic heterocycles. The van der Waals surface area contributed by atoms with Gasteiger partial charge in [0, 0.05) is 18.9 Å². The Morgan fingerprint density at radius 2 is 1.58 bits per heavy atom. The molecule has 1 aliphatic carbocycles. The van der Waals surface area contributed by atoms with Crippen molar-refractivity contribution in [2.75, 3.05) is 13.2 Å². The monoisotopic (exact) mass is 452 g/mol. The van der Waals surface area contributed by atoms with Gasteiger partial charge in [-0.05, 0) is 47.4 Å². The van der Waals surface area contributed by atoms with E-state index in [9.17, 15) is 19.5 Å². The molecule has 0 heterocycles. The van der Waals surface area contributed by atoms with E-state index in [2.05, 4.69) is 34.9 Å². The highest BCUT2D eigenvalue weighted by Gasteiger charge is 2.29. The van der Waals surface area contributed by atoms with Crippen LogP contribution >= 0.6 is 0 Å². The van der Waals surface area contributed by atoms with E-state index in [1.807, 2.05) is 38.1 Å². The smallest absolute Gasteiger partial charge is 0.407 e. The normalized spacial score (nSPS) is 13.2. The number of unbranched alkanes of at least 4 members (excludes halogenated alkanes) is 1. The van der Waals surface area contributed by atoms with Gasteiger partial charge in [0.25, 0.3) is 0 Å². The molecule has 0 radical (unpaired) electrons. The first-order valence-corrected chi connectivity index (χ1v) is 11.5. The molecule has 1 unspecified atom stereocenters. The molecule has 0 aromatic heterocycles. The largest absolute Gasteiger partial charge is 0.480 e. The van der Waals surface area contributed by atoms with Crippen LogP contribution in [0.3, 0.4) is 0 Å². The Hall–Kier alpha value is -3.35. The molecule has 0 fully saturated rings. The van der Waals surface area contributed by atoms with Gasteiger partial charge in [0.15, 0.2) is 0 Å². The number of ether oxygens (including phenoxy) is 1. The van der Waals surface area contributed by atoms with Crippen LogP contribution in [0.5, 0.6) is 0 Å². The summed E-state index contributed by atoms with van der Waals surface area (Å²) in [6.45, 7) is 4.47. The van der Waals surface area contributed by atoms with Crippen LogP contribution in [0.15, 0.2) is 48.5 Å². The van der Waals surface area contributed by atoms with Gasteiger partial charge in [-0.25, -0.2) is 9.59 Å². The third-order valence-corrected chi connectivity index (χ3v) is 5.78. The fourth-order valence-electron chi connectivity index (χ4n) is 4.21. The molecule has 0 bridgehead atoms. The van der Waals surface area contributed by atoms with Gasteiger partial charge in [-0.1, -0.05) is 62.4 Å². The van der Waals surface area contributed by atoms with Crippen molar-refractivity contribution in [2.45, 2.75) is 51.5 Å². The molecule has 176 valence electrons. The number of alkyl carbamates (subject to hydrolysis) is 1. The maximum absolute atomic E-state index is 12.2. The summed E-state index contributed by atoms with van der Waals surface area (Å²) in [5.41, 5.74) is 4.68. The van der Waals surface area contributed by atoms with E-state index in [1.165, 1.54) is 11.1 Å². The molecule has 1 atom stereocenters. The number of benzene rings is 2. The Morgan fingerprint density at radius 3 is 2.15 bits per heavy atom. The molecule has 7 nitrogen and oxygen atoms in total. The Balaban J connectivity index is 1.37. The molecule has 2 amide bonds. The van der Waals surface area contributed by atoms with Crippen LogP contribution < -0.4 is 10.6 Å². The van der Waals surface area contributed by atoms with Crippen molar-refractivity contribution in [3.63, 3.8) is 0 Å². The number of amides is 2. The number of hydrogen-bond acceptors (Lipinski definition) is 4. The predicted octanol–water partition coefficient (Wildman–Crippen LogP) is 4.31. The maximum atomic E-state index is 12.2. The third kappa shape index (κ3) is 6.57. The lowest BCUT2D eigenvalue weighted by molar-refractivity contribution is -0.142. The average Bonchev–Trinajstić information content (AvgIpc) is 3.10. The molecule has 0 spiro atoms. The maximum Gasteiger partial charge on any atom is 0.407 e. The zero-order valence-corrected chi connectivity index (χ0v) is 19.2. The molecular weight excluding hydrogens is 420 g/mol. The Labute approximate surface area is 194 Å². The number of carbonyl (C=O) groups excluding carboxylic acids is 2. The highest BCUT2D eigenvalue weighted by atomic mass is 16.5. The number of hydrogen-bond donors (Lipinski definition) is 3. The van der Waals surface area contributed by atoms with E-state index in [0.717, 1.165) is 11.1 Å². The van der Waals surface area contributed by atoms with Crippen LogP contribution in [-0.2, 0) is 14.3 Å². The molecule has 0 saturated carbocycles. The second-order valence-electron chi connectivity index (χ2n) is 8.80. The Kier molecular flexibility index (Phi) is 8.46. The van der Waals surface area contributed by atoms with Crippen molar-refractivity contribution in [3.05, 3.63) is 59.7 Å². The SMILES string of the molecule is CC(C)CC(NC(=O)CCCCNC(=O)OCC1c2ccccc2-c2ccccc21)C(=O)O. The van der Waals surface area contributed by atoms with Crippen molar-refractivity contribution in [3.8, 4) is 11.1 Å². The minimum atomic E-state index is -1.02. The lowest BCUT2D eigenvalue weighted by Crippen LogP contribution is -2.41. The summed E-state index contributed by atoms with van der Waals surface area (Å²) in [7, 11) is 0. The Bertz CT molecular complexity index is 943. The third-order valence-electron chi connectivity index (χ3n) is 5.78. The number of fused-ring (bicyclic) bond motifs is 3. The first-order valence-electron chi connectivity index (χ1n) is 11.5. The molecular formula is C26H32N2O5. The van der Waals surface area contributed by atoms with Crippen molar-refractivity contribution < 1.29 is 24.2 Å². The predicted molar refractivity (Wildman–Crippen MR) is 126 cm³/mol. The first kappa shape index (κ1) is 24.3. The Morgan fingerprint density at radius 1 is 0.970 bits per heavy atom. The number of aliphatic carboxylic acids is 1. The van der Waals surface area contributed by atoms with Gasteiger partial charge in [0.1, 0.15) is 12.6 Å². The standard InChI is InChI=1S/C26H32N2O5/c1-17(2)15-23(25(30)31)28-24(29)13-7-8-14-27-26(32)33-16-22-20-11-5-3-9-18(20)19-10-4-6-12-21(19)22/h3-6,9-12,17,22-23H,7-8,13-16H2,1-2H3,(H,27,32)(H,28,29)(H,30,31). The van der Waals surface area contributed by atoms with Gasteiger partial charge in [0.05, 0.1) is 0 Å². The minimum absolute atomic E-state index is 0.0138. The summed E-state index contributed by atoms with van der Waals surface area (Å²) in [5.74, 6) is -1.12. The van der Waals surface area contributed by atoms with Crippen LogP contribution in [-0.4, -0.2) is 42.3 Å². The fourth-order valence-corrected chi connectivity index (χ4v) is 4.21. The number of rotatable bonds is 11. The first-order chi connectivity index (χ1) is 15.9. The van der Waals surface area contributed by atoms with Crippen LogP contribution in [0.25, 0.3) is 11.1 Å². The van der Waals surface area contributed by atoms with E-state index in [0.29, 0.717) is 25.8 Å². The van der Waals surface area contributed by atoms with E-state index in [4.69, 9.17) is 4.74 Å². The second kappa shape index (κ2) is 11.5. The van der Waals surface area contributed by atoms with E-state index in [1.54, 1.807) is 0 Å². The summed E-state index contributed by atoms with van der Waals surface area (Å²) in [5, 5.41) is 14.5. The summed E-state index contributed by atoms with van der Waals surface area (Å²) < 4.78 is 5.49. The van der Waals surface area contributed by atoms with Crippen LogP contribution in [0, 0.1) is 5.92 Å². The lowest BCUT2D eigenvalue weighted by atomic mass is 9.98. The lowest BCUT2D eigenvalue weighted by Gasteiger charge is -2.16. The van der Waals surface area contributed by atoms with Crippen LogP contribution in [0.1, 0.15) is 56.6 Å². The topological polar surface area (TPSA) is 105 Å². The fraction of sp³-hybridized carbons (Fsp3) is 0.423. The van der Waals surface area contributed by atoms with Gasteiger partial charge in [-0.15, -0.1) is 0 Å². The van der Waals surface area contributed by atoms with Crippen LogP contribution in [0.2, 0.25) is 0 Å². The number of carboxylic acid groups (broad SMARTS) is 1. The average molecular weight is 453 g/mol. The summed E-state index contributed by atoms with van der Waals surface area (Å²) >= 11 is 0. The number of carbonyl (C=O) groups is 3. The van der Waals surface area contributed by atoms with Gasteiger partial charge >= 0.3 is 12.1 Å². The highest BCUT2D eigenvalue weighted by Crippen LogP contribution is 2.44. The minimum Gasteiger partial charge on any atom is -0.480 e. The van der Waals surface area contributed by atoms with Crippen molar-refractivity contribution in [1.29, 1.82) is 0 Å². The molecule has 2 aromatic rings. The van der Waals surface area contributed by atoms with E-state index < -0.39 is 18.1 Å². The molecule has 2 aromatic carbocycles. The van der Waals surface area contributed by atoms with Gasteiger partial charge < -0.3 is 20.5 Å².